The zero-order valence-corrected chi connectivity index (χ0v) is 12.5. The topological polar surface area (TPSA) is 82.3 Å². The van der Waals surface area contributed by atoms with Crippen LogP contribution in [-0.2, 0) is 6.42 Å². The Morgan fingerprint density at radius 2 is 1.95 bits per heavy atom. The molecule has 0 atom stereocenters. The molecule has 0 spiro atoms. The van der Waals surface area contributed by atoms with Crippen LogP contribution >= 0.6 is 0 Å². The maximum absolute atomic E-state index is 5.85. The molecule has 0 amide bonds. The molecule has 1 aromatic heterocycles. The Morgan fingerprint density at radius 1 is 1.19 bits per heavy atom. The summed E-state index contributed by atoms with van der Waals surface area (Å²) >= 11 is 0. The summed E-state index contributed by atoms with van der Waals surface area (Å²) in [5.41, 5.74) is 3.33. The highest BCUT2D eigenvalue weighted by Gasteiger charge is 2.12. The van der Waals surface area contributed by atoms with Gasteiger partial charge in [-0.1, -0.05) is 13.0 Å². The molecule has 6 heteroatoms. The second-order valence-electron chi connectivity index (χ2n) is 4.43. The summed E-state index contributed by atoms with van der Waals surface area (Å²) in [5.74, 6) is 8.63. The molecule has 0 aliphatic heterocycles. The molecular formula is C15H20N4O2. The van der Waals surface area contributed by atoms with Gasteiger partial charge in [-0.05, 0) is 26.0 Å². The maximum atomic E-state index is 5.85. The van der Waals surface area contributed by atoms with Crippen molar-refractivity contribution in [1.29, 1.82) is 0 Å². The molecule has 6 nitrogen and oxygen atoms in total. The van der Waals surface area contributed by atoms with Gasteiger partial charge in [0, 0.05) is 12.5 Å². The molecule has 2 rings (SSSR count). The smallest absolute Gasteiger partial charge is 0.227 e. The van der Waals surface area contributed by atoms with Gasteiger partial charge in [0.05, 0.1) is 12.2 Å². The molecule has 21 heavy (non-hydrogen) atoms. The van der Waals surface area contributed by atoms with Gasteiger partial charge in [-0.15, -0.1) is 0 Å². The first kappa shape index (κ1) is 15.1. The number of ether oxygens (including phenoxy) is 2. The molecule has 1 aromatic carbocycles. The van der Waals surface area contributed by atoms with Crippen LogP contribution in [0, 0.1) is 6.92 Å². The van der Waals surface area contributed by atoms with Crippen molar-refractivity contribution in [2.24, 2.45) is 5.84 Å². The first-order valence-corrected chi connectivity index (χ1v) is 6.92. The fraction of sp³-hybridized carbons (Fsp3) is 0.333. The fourth-order valence-corrected chi connectivity index (χ4v) is 1.84. The molecule has 112 valence electrons. The highest BCUT2D eigenvalue weighted by molar-refractivity contribution is 5.49. The van der Waals surface area contributed by atoms with E-state index in [1.54, 1.807) is 0 Å². The van der Waals surface area contributed by atoms with Crippen molar-refractivity contribution in [2.75, 3.05) is 12.0 Å². The van der Waals surface area contributed by atoms with Crippen molar-refractivity contribution in [2.45, 2.75) is 27.2 Å². The largest absolute Gasteiger partial charge is 0.494 e. The monoisotopic (exact) mass is 288 g/mol. The van der Waals surface area contributed by atoms with E-state index >= 15 is 0 Å². The zero-order valence-electron chi connectivity index (χ0n) is 12.5. The molecular weight excluding hydrogens is 268 g/mol. The number of nitrogens with one attached hydrogen (secondary N) is 1. The third kappa shape index (κ3) is 3.61. The lowest BCUT2D eigenvalue weighted by Crippen LogP contribution is -2.13. The molecule has 2 aromatic rings. The molecule has 0 fully saturated rings. The number of aromatic nitrogens is 2. The van der Waals surface area contributed by atoms with Crippen LogP contribution in [0.5, 0.6) is 17.4 Å². The minimum Gasteiger partial charge on any atom is -0.494 e. The predicted octanol–water partition coefficient (Wildman–Crippen LogP) is 2.82. The Hall–Kier alpha value is -2.34. The van der Waals surface area contributed by atoms with E-state index in [0.717, 1.165) is 11.3 Å². The minimum atomic E-state index is 0.489. The van der Waals surface area contributed by atoms with E-state index in [1.165, 1.54) is 0 Å². The third-order valence-corrected chi connectivity index (χ3v) is 2.93. The van der Waals surface area contributed by atoms with Crippen molar-refractivity contribution in [3.05, 3.63) is 35.7 Å². The Bertz CT molecular complexity index is 617. The lowest BCUT2D eigenvalue weighted by molar-refractivity contribution is 0.338. The van der Waals surface area contributed by atoms with Crippen LogP contribution < -0.4 is 20.7 Å². The van der Waals surface area contributed by atoms with Crippen LogP contribution in [0.4, 0.5) is 5.82 Å². The third-order valence-electron chi connectivity index (χ3n) is 2.93. The Balaban J connectivity index is 2.32. The van der Waals surface area contributed by atoms with Crippen LogP contribution in [0.1, 0.15) is 25.2 Å². The summed E-state index contributed by atoms with van der Waals surface area (Å²) in [6, 6.07) is 7.44. The van der Waals surface area contributed by atoms with Crippen LogP contribution in [0.15, 0.2) is 24.3 Å². The molecule has 3 N–H and O–H groups in total. The van der Waals surface area contributed by atoms with Crippen molar-refractivity contribution >= 4 is 5.82 Å². The average Bonchev–Trinajstić information content (AvgIpc) is 2.50. The summed E-state index contributed by atoms with van der Waals surface area (Å²) < 4.78 is 11.3. The summed E-state index contributed by atoms with van der Waals surface area (Å²) in [5, 5.41) is 0. The number of hydrogen-bond acceptors (Lipinski definition) is 6. The lowest BCUT2D eigenvalue weighted by atomic mass is 10.3. The quantitative estimate of drug-likeness (QED) is 0.628. The van der Waals surface area contributed by atoms with Gasteiger partial charge >= 0.3 is 0 Å². The molecule has 0 aliphatic rings. The second-order valence-corrected chi connectivity index (χ2v) is 4.43. The first-order chi connectivity index (χ1) is 10.2. The van der Waals surface area contributed by atoms with Crippen molar-refractivity contribution in [3.63, 3.8) is 0 Å². The van der Waals surface area contributed by atoms with E-state index in [1.807, 2.05) is 45.0 Å². The van der Waals surface area contributed by atoms with Gasteiger partial charge in [0.15, 0.2) is 0 Å². The van der Waals surface area contributed by atoms with Gasteiger partial charge in [0.25, 0.3) is 0 Å². The molecule has 0 aliphatic carbocycles. The Morgan fingerprint density at radius 3 is 2.62 bits per heavy atom. The van der Waals surface area contributed by atoms with E-state index < -0.39 is 0 Å². The Labute approximate surface area is 124 Å². The van der Waals surface area contributed by atoms with Gasteiger partial charge in [-0.25, -0.2) is 10.8 Å². The molecule has 0 saturated heterocycles. The van der Waals surface area contributed by atoms with E-state index in [-0.39, 0.29) is 0 Å². The normalized spacial score (nSPS) is 10.3. The number of nitrogens with two attached hydrogens (primary N) is 1. The predicted molar refractivity (Wildman–Crippen MR) is 81.6 cm³/mol. The molecule has 0 saturated carbocycles. The van der Waals surface area contributed by atoms with Crippen molar-refractivity contribution in [1.82, 2.24) is 9.97 Å². The molecule has 0 radical (unpaired) electrons. The number of hydrogen-bond donors (Lipinski definition) is 2. The number of hydrazine groups is 1. The SMILES string of the molecule is CCOc1cccc(Oc2nc(CC)nc(NN)c2C)c1. The van der Waals surface area contributed by atoms with Crippen LogP contribution in [0.3, 0.4) is 0 Å². The van der Waals surface area contributed by atoms with Gasteiger partial charge in [0.1, 0.15) is 23.1 Å². The number of nitrogen functional groups attached to an aromatic ring is 1. The highest BCUT2D eigenvalue weighted by Crippen LogP contribution is 2.28. The highest BCUT2D eigenvalue weighted by atomic mass is 16.5. The summed E-state index contributed by atoms with van der Waals surface area (Å²) in [6.45, 7) is 6.38. The van der Waals surface area contributed by atoms with Gasteiger partial charge in [-0.3, -0.25) is 0 Å². The molecule has 1 heterocycles. The molecule has 0 unspecified atom stereocenters. The van der Waals surface area contributed by atoms with E-state index in [0.29, 0.717) is 36.3 Å². The number of anilines is 1. The number of rotatable bonds is 6. The number of aryl methyl sites for hydroxylation is 1. The summed E-state index contributed by atoms with van der Waals surface area (Å²) in [7, 11) is 0. The zero-order chi connectivity index (χ0) is 15.2. The second kappa shape index (κ2) is 6.90. The van der Waals surface area contributed by atoms with Gasteiger partial charge in [0.2, 0.25) is 5.88 Å². The maximum Gasteiger partial charge on any atom is 0.227 e. The summed E-state index contributed by atoms with van der Waals surface area (Å²) in [6.07, 6.45) is 0.699. The first-order valence-electron chi connectivity index (χ1n) is 6.92. The van der Waals surface area contributed by atoms with Crippen molar-refractivity contribution in [3.8, 4) is 17.4 Å². The van der Waals surface area contributed by atoms with E-state index in [9.17, 15) is 0 Å². The van der Waals surface area contributed by atoms with Crippen LogP contribution in [0.2, 0.25) is 0 Å². The number of nitrogens with zero attached hydrogens (tertiary/aromatic N) is 2. The van der Waals surface area contributed by atoms with Crippen molar-refractivity contribution < 1.29 is 9.47 Å². The summed E-state index contributed by atoms with van der Waals surface area (Å²) in [4.78, 5) is 8.71. The van der Waals surface area contributed by atoms with Crippen LogP contribution in [-0.4, -0.2) is 16.6 Å². The Kier molecular flexibility index (Phi) is 4.94. The van der Waals surface area contributed by atoms with E-state index in [2.05, 4.69) is 15.4 Å². The minimum absolute atomic E-state index is 0.489. The fourth-order valence-electron chi connectivity index (χ4n) is 1.84. The number of benzene rings is 1. The van der Waals surface area contributed by atoms with Gasteiger partial charge < -0.3 is 14.9 Å². The lowest BCUT2D eigenvalue weighted by Gasteiger charge is -2.13. The standard InChI is InChI=1S/C15H20N4O2/c1-4-13-17-14(19-16)10(3)15(18-13)21-12-8-6-7-11(9-12)20-5-2/h6-9H,4-5,16H2,1-3H3,(H,17,18,19). The average molecular weight is 288 g/mol. The molecule has 0 bridgehead atoms. The van der Waals surface area contributed by atoms with E-state index in [4.69, 9.17) is 15.3 Å². The van der Waals surface area contributed by atoms with Gasteiger partial charge in [-0.2, -0.15) is 4.98 Å². The van der Waals surface area contributed by atoms with Crippen LogP contribution in [0.25, 0.3) is 0 Å².